The number of carbonyl (C=O) groups is 1. The Kier molecular flexibility index (Phi) is 6.21. The quantitative estimate of drug-likeness (QED) is 0.703. The SMILES string of the molecule is CC(C)CCn1cc(C(=O)N2CCN(C3CCS(=O)(=O)C3)CC2)c2ccccc2c1=O. The summed E-state index contributed by atoms with van der Waals surface area (Å²) in [4.78, 5) is 30.4. The molecular weight excluding hydrogens is 414 g/mol. The van der Waals surface area contributed by atoms with E-state index in [2.05, 4.69) is 18.7 Å². The van der Waals surface area contributed by atoms with Gasteiger partial charge in [0.2, 0.25) is 0 Å². The Bertz CT molecular complexity index is 1130. The monoisotopic (exact) mass is 445 g/mol. The molecule has 4 rings (SSSR count). The van der Waals surface area contributed by atoms with Gasteiger partial charge in [0, 0.05) is 55.7 Å². The fraction of sp³-hybridized carbons (Fsp3) is 0.565. The molecular formula is C23H31N3O4S. The van der Waals surface area contributed by atoms with E-state index in [1.54, 1.807) is 16.8 Å². The second-order valence-corrected chi connectivity index (χ2v) is 11.4. The average Bonchev–Trinajstić information content (AvgIpc) is 3.12. The molecule has 0 saturated carbocycles. The van der Waals surface area contributed by atoms with Gasteiger partial charge >= 0.3 is 0 Å². The lowest BCUT2D eigenvalue weighted by Gasteiger charge is -2.37. The summed E-state index contributed by atoms with van der Waals surface area (Å²) in [5.41, 5.74) is 0.510. The van der Waals surface area contributed by atoms with Crippen LogP contribution in [-0.2, 0) is 16.4 Å². The van der Waals surface area contributed by atoms with E-state index in [1.165, 1.54) is 0 Å². The lowest BCUT2D eigenvalue weighted by molar-refractivity contribution is 0.0589. The van der Waals surface area contributed by atoms with Crippen molar-refractivity contribution in [3.63, 3.8) is 0 Å². The van der Waals surface area contributed by atoms with Crippen LogP contribution in [0, 0.1) is 5.92 Å². The maximum atomic E-state index is 13.4. The first-order valence-electron chi connectivity index (χ1n) is 11.1. The van der Waals surface area contributed by atoms with Crippen LogP contribution in [0.1, 0.15) is 37.0 Å². The summed E-state index contributed by atoms with van der Waals surface area (Å²) >= 11 is 0. The molecule has 0 bridgehead atoms. The standard InChI is InChI=1S/C23H31N3O4S/c1-17(2)7-9-26-15-21(19-5-3-4-6-20(19)22(26)27)23(28)25-12-10-24(11-13-25)18-8-14-31(29,30)16-18/h3-6,15,17-18H,7-14,16H2,1-2H3. The molecule has 0 N–H and O–H groups in total. The zero-order chi connectivity index (χ0) is 22.2. The van der Waals surface area contributed by atoms with Crippen molar-refractivity contribution in [3.05, 3.63) is 46.4 Å². The van der Waals surface area contributed by atoms with Crippen LogP contribution >= 0.6 is 0 Å². The number of benzene rings is 1. The zero-order valence-corrected chi connectivity index (χ0v) is 19.1. The molecule has 2 aliphatic rings. The molecule has 1 aromatic carbocycles. The first kappa shape index (κ1) is 22.0. The van der Waals surface area contributed by atoms with Gasteiger partial charge in [-0.15, -0.1) is 0 Å². The van der Waals surface area contributed by atoms with E-state index >= 15 is 0 Å². The number of fused-ring (bicyclic) bond motifs is 1. The maximum Gasteiger partial charge on any atom is 0.258 e. The molecule has 1 unspecified atom stereocenters. The molecule has 2 aliphatic heterocycles. The van der Waals surface area contributed by atoms with Crippen molar-refractivity contribution in [1.82, 2.24) is 14.4 Å². The van der Waals surface area contributed by atoms with E-state index in [-0.39, 0.29) is 29.0 Å². The third kappa shape index (κ3) is 4.70. The predicted molar refractivity (Wildman–Crippen MR) is 122 cm³/mol. The van der Waals surface area contributed by atoms with Crippen molar-refractivity contribution in [1.29, 1.82) is 0 Å². The lowest BCUT2D eigenvalue weighted by Crippen LogP contribution is -2.52. The van der Waals surface area contributed by atoms with Gasteiger partial charge in [0.05, 0.1) is 17.1 Å². The number of carbonyl (C=O) groups excluding carboxylic acids is 1. The summed E-state index contributed by atoms with van der Waals surface area (Å²) in [7, 11) is -2.92. The van der Waals surface area contributed by atoms with Crippen LogP contribution in [0.4, 0.5) is 0 Å². The Morgan fingerprint density at radius 2 is 1.77 bits per heavy atom. The van der Waals surface area contributed by atoms with Crippen LogP contribution < -0.4 is 5.56 Å². The molecule has 0 aliphatic carbocycles. The number of rotatable bonds is 5. The van der Waals surface area contributed by atoms with Crippen molar-refractivity contribution in [2.75, 3.05) is 37.7 Å². The minimum Gasteiger partial charge on any atom is -0.336 e. The number of hydrogen-bond donors (Lipinski definition) is 0. The van der Waals surface area contributed by atoms with Crippen molar-refractivity contribution >= 4 is 26.5 Å². The molecule has 31 heavy (non-hydrogen) atoms. The van der Waals surface area contributed by atoms with Gasteiger partial charge in [-0.25, -0.2) is 8.42 Å². The summed E-state index contributed by atoms with van der Waals surface area (Å²) in [5, 5.41) is 1.27. The fourth-order valence-electron chi connectivity index (χ4n) is 4.60. The molecule has 0 radical (unpaired) electrons. The number of piperazine rings is 1. The van der Waals surface area contributed by atoms with Crippen LogP contribution in [0.2, 0.25) is 0 Å². The van der Waals surface area contributed by atoms with Crippen LogP contribution in [0.3, 0.4) is 0 Å². The number of aromatic nitrogens is 1. The Morgan fingerprint density at radius 3 is 2.39 bits per heavy atom. The highest BCUT2D eigenvalue weighted by Gasteiger charge is 2.34. The molecule has 2 aromatic rings. The summed E-state index contributed by atoms with van der Waals surface area (Å²) in [6.45, 7) is 7.31. The summed E-state index contributed by atoms with van der Waals surface area (Å²) in [6.07, 6.45) is 3.28. The van der Waals surface area contributed by atoms with Gasteiger partial charge in [-0.1, -0.05) is 32.0 Å². The third-order valence-corrected chi connectivity index (χ3v) is 8.25. The fourth-order valence-corrected chi connectivity index (χ4v) is 6.36. The third-order valence-electron chi connectivity index (χ3n) is 6.50. The highest BCUT2D eigenvalue weighted by molar-refractivity contribution is 7.91. The predicted octanol–water partition coefficient (Wildman–Crippen LogP) is 1.99. The molecule has 1 aromatic heterocycles. The smallest absolute Gasteiger partial charge is 0.258 e. The summed E-state index contributed by atoms with van der Waals surface area (Å²) in [5.74, 6) is 0.894. The highest BCUT2D eigenvalue weighted by atomic mass is 32.2. The van der Waals surface area contributed by atoms with Gasteiger partial charge < -0.3 is 9.47 Å². The van der Waals surface area contributed by atoms with Gasteiger partial charge in [-0.2, -0.15) is 0 Å². The van der Waals surface area contributed by atoms with Crippen LogP contribution in [0.25, 0.3) is 10.8 Å². The van der Waals surface area contributed by atoms with E-state index in [4.69, 9.17) is 0 Å². The van der Waals surface area contributed by atoms with Crippen molar-refractivity contribution < 1.29 is 13.2 Å². The minimum absolute atomic E-state index is 0.0555. The van der Waals surface area contributed by atoms with Gasteiger partial charge in [0.1, 0.15) is 0 Å². The first-order valence-corrected chi connectivity index (χ1v) is 12.9. The molecule has 1 atom stereocenters. The molecule has 1 amide bonds. The summed E-state index contributed by atoms with van der Waals surface area (Å²) < 4.78 is 25.3. The molecule has 8 heteroatoms. The topological polar surface area (TPSA) is 79.7 Å². The first-order chi connectivity index (χ1) is 14.7. The second kappa shape index (κ2) is 8.74. The Labute approximate surface area is 183 Å². The Balaban J connectivity index is 1.55. The number of aryl methyl sites for hydroxylation is 1. The summed E-state index contributed by atoms with van der Waals surface area (Å²) in [6, 6.07) is 7.39. The van der Waals surface area contributed by atoms with E-state index in [0.717, 1.165) is 6.42 Å². The molecule has 7 nitrogen and oxygen atoms in total. The van der Waals surface area contributed by atoms with Gasteiger partial charge in [-0.3, -0.25) is 14.5 Å². The van der Waals surface area contributed by atoms with E-state index in [0.29, 0.717) is 61.4 Å². The molecule has 2 fully saturated rings. The van der Waals surface area contributed by atoms with Crippen molar-refractivity contribution in [3.8, 4) is 0 Å². The maximum absolute atomic E-state index is 13.4. The largest absolute Gasteiger partial charge is 0.336 e. The highest BCUT2D eigenvalue weighted by Crippen LogP contribution is 2.22. The van der Waals surface area contributed by atoms with Crippen molar-refractivity contribution in [2.45, 2.75) is 39.3 Å². The van der Waals surface area contributed by atoms with E-state index < -0.39 is 9.84 Å². The second-order valence-electron chi connectivity index (χ2n) is 9.15. The number of sulfone groups is 1. The zero-order valence-electron chi connectivity index (χ0n) is 18.3. The molecule has 2 saturated heterocycles. The number of pyridine rings is 1. The van der Waals surface area contributed by atoms with Crippen LogP contribution in [-0.4, -0.2) is 72.4 Å². The average molecular weight is 446 g/mol. The van der Waals surface area contributed by atoms with Gasteiger partial charge in [0.15, 0.2) is 9.84 Å². The number of hydrogen-bond acceptors (Lipinski definition) is 5. The number of amides is 1. The molecule has 0 spiro atoms. The Hall–Kier alpha value is -2.19. The van der Waals surface area contributed by atoms with Gasteiger partial charge in [-0.05, 0) is 24.8 Å². The normalized spacial score (nSPS) is 21.8. The van der Waals surface area contributed by atoms with Crippen molar-refractivity contribution in [2.24, 2.45) is 5.92 Å². The van der Waals surface area contributed by atoms with E-state index in [1.807, 2.05) is 23.1 Å². The van der Waals surface area contributed by atoms with Gasteiger partial charge in [0.25, 0.3) is 11.5 Å². The van der Waals surface area contributed by atoms with Crippen LogP contribution in [0.15, 0.2) is 35.3 Å². The van der Waals surface area contributed by atoms with E-state index in [9.17, 15) is 18.0 Å². The molecule has 168 valence electrons. The lowest BCUT2D eigenvalue weighted by atomic mass is 10.0. The Morgan fingerprint density at radius 1 is 1.10 bits per heavy atom. The van der Waals surface area contributed by atoms with Crippen LogP contribution in [0.5, 0.6) is 0 Å². The number of nitrogens with zero attached hydrogens (tertiary/aromatic N) is 3. The molecule has 3 heterocycles. The minimum atomic E-state index is -2.92.